The zero-order valence-corrected chi connectivity index (χ0v) is 24.8. The molecule has 0 radical (unpaired) electrons. The summed E-state index contributed by atoms with van der Waals surface area (Å²) < 4.78 is 22.5. The Labute approximate surface area is 242 Å². The summed E-state index contributed by atoms with van der Waals surface area (Å²) in [6.07, 6.45) is 0.696. The number of likely N-dealkylation sites (tertiary alicyclic amines) is 1. The third-order valence-electron chi connectivity index (χ3n) is 7.49. The molecule has 0 saturated carbocycles. The molecule has 0 bridgehead atoms. The van der Waals surface area contributed by atoms with Gasteiger partial charge < -0.3 is 33.9 Å². The fourth-order valence-corrected chi connectivity index (χ4v) is 5.37. The number of ketones is 1. The lowest BCUT2D eigenvalue weighted by atomic mass is 9.93. The van der Waals surface area contributed by atoms with Gasteiger partial charge >= 0.3 is 0 Å². The van der Waals surface area contributed by atoms with Gasteiger partial charge in [-0.3, -0.25) is 9.59 Å². The average molecular weight is 567 g/mol. The number of hydrogen-bond acceptors (Lipinski definition) is 7. The van der Waals surface area contributed by atoms with Crippen LogP contribution in [-0.2, 0) is 14.3 Å². The zero-order valence-electron chi connectivity index (χ0n) is 24.8. The number of Topliss-reactive ketones (excluding diaryl/α,β-unsaturated/α-hetero) is 1. The van der Waals surface area contributed by atoms with Gasteiger partial charge in [-0.2, -0.15) is 0 Å². The number of benzene rings is 2. The first-order valence-corrected chi connectivity index (χ1v) is 14.5. The standard InChI is InChI=1S/C32H42N2O7/c1-6-40-26-11-8-23(19-27(26)38-5)29-28(30(35)25-10-9-24(18-22(25)4)41-20-21(2)3)31(36)32(37)34(29)13-7-12-33-14-16-39-17-15-33/h8-11,18-19,21,29,35H,6-7,12-17,20H2,1-5H3. The smallest absolute Gasteiger partial charge is 0.295 e. The first-order valence-electron chi connectivity index (χ1n) is 14.5. The summed E-state index contributed by atoms with van der Waals surface area (Å²) in [7, 11) is 1.54. The molecule has 0 spiro atoms. The molecule has 9 heteroatoms. The molecule has 2 aromatic carbocycles. The molecule has 1 atom stereocenters. The van der Waals surface area contributed by atoms with Crippen molar-refractivity contribution in [1.29, 1.82) is 0 Å². The highest BCUT2D eigenvalue weighted by molar-refractivity contribution is 6.46. The summed E-state index contributed by atoms with van der Waals surface area (Å²) in [5, 5.41) is 14.0. The van der Waals surface area contributed by atoms with Gasteiger partial charge in [0.15, 0.2) is 11.5 Å². The van der Waals surface area contributed by atoms with Crippen molar-refractivity contribution in [3.8, 4) is 17.2 Å². The summed E-state index contributed by atoms with van der Waals surface area (Å²) in [6.45, 7) is 13.3. The van der Waals surface area contributed by atoms with Crippen molar-refractivity contribution < 1.29 is 38.5 Å². The molecule has 2 heterocycles. The molecule has 9 nitrogen and oxygen atoms in total. The van der Waals surface area contributed by atoms with Gasteiger partial charge in [-0.25, -0.2) is 0 Å². The van der Waals surface area contributed by atoms with E-state index in [-0.39, 0.29) is 5.57 Å². The van der Waals surface area contributed by atoms with Crippen LogP contribution in [0.1, 0.15) is 49.9 Å². The second-order valence-electron chi connectivity index (χ2n) is 11.0. The summed E-state index contributed by atoms with van der Waals surface area (Å²) in [4.78, 5) is 29.9. The second kappa shape index (κ2) is 13.9. The number of nitrogens with zero attached hydrogens (tertiary/aromatic N) is 1. The SMILES string of the molecule is CCOc1ccc(C2C(=C([O-])c3ccc(OCC(C)C)cc3C)C(=O)C(=O)N2CCC[NH+]2CCOCC2)cc1OC. The van der Waals surface area contributed by atoms with Crippen LogP contribution in [0.3, 0.4) is 0 Å². The first kappa shape index (κ1) is 30.4. The van der Waals surface area contributed by atoms with E-state index in [0.717, 1.165) is 32.8 Å². The number of amides is 1. The largest absolute Gasteiger partial charge is 0.872 e. The third-order valence-corrected chi connectivity index (χ3v) is 7.49. The van der Waals surface area contributed by atoms with Crippen molar-refractivity contribution in [3.05, 3.63) is 58.7 Å². The molecule has 0 aromatic heterocycles. The van der Waals surface area contributed by atoms with E-state index in [1.165, 1.54) is 12.0 Å². The Morgan fingerprint density at radius 1 is 1.10 bits per heavy atom. The Bertz CT molecular complexity index is 1270. The minimum atomic E-state index is -0.831. The van der Waals surface area contributed by atoms with Gasteiger partial charge in [-0.05, 0) is 60.7 Å². The second-order valence-corrected chi connectivity index (χ2v) is 11.0. The molecule has 2 aliphatic heterocycles. The number of ether oxygens (including phenoxy) is 4. The van der Waals surface area contributed by atoms with Crippen molar-refractivity contribution in [2.45, 2.75) is 40.2 Å². The van der Waals surface area contributed by atoms with Gasteiger partial charge in [0.2, 0.25) is 5.78 Å². The van der Waals surface area contributed by atoms with E-state index in [9.17, 15) is 14.7 Å². The Kier molecular flexibility index (Phi) is 10.3. The Balaban J connectivity index is 1.72. The number of nitrogens with one attached hydrogen (secondary N) is 1. The average Bonchev–Trinajstić information content (AvgIpc) is 3.22. The highest BCUT2D eigenvalue weighted by atomic mass is 16.5. The number of quaternary nitrogens is 1. The van der Waals surface area contributed by atoms with E-state index in [2.05, 4.69) is 13.8 Å². The summed E-state index contributed by atoms with van der Waals surface area (Å²) >= 11 is 0. The number of carbonyl (C=O) groups is 2. The molecule has 222 valence electrons. The van der Waals surface area contributed by atoms with E-state index in [1.807, 2.05) is 13.8 Å². The van der Waals surface area contributed by atoms with Crippen LogP contribution in [0.2, 0.25) is 0 Å². The van der Waals surface area contributed by atoms with Gasteiger partial charge in [0.05, 0.1) is 46.1 Å². The lowest BCUT2D eigenvalue weighted by Crippen LogP contribution is -3.14. The summed E-state index contributed by atoms with van der Waals surface area (Å²) in [5.41, 5.74) is 1.64. The fraction of sp³-hybridized carbons (Fsp3) is 0.500. The van der Waals surface area contributed by atoms with E-state index in [4.69, 9.17) is 18.9 Å². The van der Waals surface area contributed by atoms with Gasteiger partial charge in [0.25, 0.3) is 5.91 Å². The maximum Gasteiger partial charge on any atom is 0.295 e. The Hall–Kier alpha value is -3.56. The van der Waals surface area contributed by atoms with Crippen LogP contribution in [0, 0.1) is 12.8 Å². The minimum absolute atomic E-state index is 0.0427. The molecule has 0 aliphatic carbocycles. The monoisotopic (exact) mass is 566 g/mol. The summed E-state index contributed by atoms with van der Waals surface area (Å²) in [5.74, 6) is 0.184. The van der Waals surface area contributed by atoms with Crippen LogP contribution in [-0.4, -0.2) is 76.3 Å². The maximum atomic E-state index is 14.0. The predicted octanol–water partition coefficient (Wildman–Crippen LogP) is 1.97. The normalized spacial score (nSPS) is 19.2. The highest BCUT2D eigenvalue weighted by Crippen LogP contribution is 2.42. The van der Waals surface area contributed by atoms with Gasteiger partial charge in [-0.15, -0.1) is 0 Å². The van der Waals surface area contributed by atoms with Gasteiger partial charge in [0, 0.05) is 18.5 Å². The number of methoxy groups -OCH3 is 1. The molecule has 2 aliphatic rings. The quantitative estimate of drug-likeness (QED) is 0.238. The van der Waals surface area contributed by atoms with Crippen molar-refractivity contribution >= 4 is 17.4 Å². The number of rotatable bonds is 12. The molecule has 2 saturated heterocycles. The minimum Gasteiger partial charge on any atom is -0.872 e. The maximum absolute atomic E-state index is 14.0. The van der Waals surface area contributed by atoms with E-state index < -0.39 is 23.5 Å². The van der Waals surface area contributed by atoms with E-state index in [1.54, 1.807) is 41.3 Å². The molecule has 1 unspecified atom stereocenters. The molecule has 2 fully saturated rings. The molecule has 1 amide bonds. The molecule has 2 aromatic rings. The predicted molar refractivity (Wildman–Crippen MR) is 153 cm³/mol. The molecular weight excluding hydrogens is 524 g/mol. The third kappa shape index (κ3) is 7.02. The lowest BCUT2D eigenvalue weighted by molar-refractivity contribution is -0.908. The van der Waals surface area contributed by atoms with Crippen molar-refractivity contribution in [3.63, 3.8) is 0 Å². The Morgan fingerprint density at radius 2 is 1.85 bits per heavy atom. The molecule has 1 N–H and O–H groups in total. The fourth-order valence-electron chi connectivity index (χ4n) is 5.37. The highest BCUT2D eigenvalue weighted by Gasteiger charge is 2.44. The first-order chi connectivity index (χ1) is 19.7. The van der Waals surface area contributed by atoms with Gasteiger partial charge in [0.1, 0.15) is 18.8 Å². The van der Waals surface area contributed by atoms with Crippen LogP contribution in [0.15, 0.2) is 42.0 Å². The number of carbonyl (C=O) groups excluding carboxylic acids is 2. The molecule has 41 heavy (non-hydrogen) atoms. The van der Waals surface area contributed by atoms with Crippen LogP contribution in [0.25, 0.3) is 5.76 Å². The van der Waals surface area contributed by atoms with Crippen molar-refractivity contribution in [2.75, 3.05) is 59.7 Å². The number of hydrogen-bond donors (Lipinski definition) is 1. The van der Waals surface area contributed by atoms with E-state index >= 15 is 0 Å². The van der Waals surface area contributed by atoms with Crippen molar-refractivity contribution in [1.82, 2.24) is 4.90 Å². The van der Waals surface area contributed by atoms with E-state index in [0.29, 0.717) is 66.0 Å². The summed E-state index contributed by atoms with van der Waals surface area (Å²) in [6, 6.07) is 9.70. The Morgan fingerprint density at radius 3 is 2.51 bits per heavy atom. The number of morpholine rings is 1. The van der Waals surface area contributed by atoms with Crippen molar-refractivity contribution in [2.24, 2.45) is 5.92 Å². The zero-order chi connectivity index (χ0) is 29.5. The molecular formula is C32H42N2O7. The van der Waals surface area contributed by atoms with Crippen LogP contribution in [0.5, 0.6) is 17.2 Å². The topological polar surface area (TPSA) is 102 Å². The van der Waals surface area contributed by atoms with Gasteiger partial charge in [-0.1, -0.05) is 31.7 Å². The van der Waals surface area contributed by atoms with Crippen LogP contribution < -0.4 is 24.2 Å². The lowest BCUT2D eigenvalue weighted by Gasteiger charge is -2.29. The van der Waals surface area contributed by atoms with Crippen LogP contribution >= 0.6 is 0 Å². The van der Waals surface area contributed by atoms with Crippen LogP contribution in [0.4, 0.5) is 0 Å². The molecule has 4 rings (SSSR count). The number of aryl methyl sites for hydroxylation is 1.